The first-order valence-corrected chi connectivity index (χ1v) is 7.33. The van der Waals surface area contributed by atoms with Crippen molar-refractivity contribution in [1.82, 2.24) is 15.2 Å². The number of nitrogens with zero attached hydrogens (tertiary/aromatic N) is 1. The molecular weight excluding hydrogens is 298 g/mol. The van der Waals surface area contributed by atoms with Crippen LogP contribution in [-0.2, 0) is 14.3 Å². The average molecular weight is 315 g/mol. The van der Waals surface area contributed by atoms with Crippen LogP contribution in [0.5, 0.6) is 0 Å². The Morgan fingerprint density at radius 1 is 1.35 bits per heavy atom. The lowest BCUT2D eigenvalue weighted by Crippen LogP contribution is -2.57. The highest BCUT2D eigenvalue weighted by atomic mass is 16.5. The molecule has 2 heterocycles. The molecule has 7 heteroatoms. The summed E-state index contributed by atoms with van der Waals surface area (Å²) < 4.78 is 4.62. The zero-order valence-corrected chi connectivity index (χ0v) is 12.7. The van der Waals surface area contributed by atoms with Crippen molar-refractivity contribution in [3.63, 3.8) is 0 Å². The summed E-state index contributed by atoms with van der Waals surface area (Å²) in [6.45, 7) is 0.712. The number of amides is 2. The number of nitrogens with one attached hydrogen (secondary N) is 2. The number of carbonyl (C=O) groups is 3. The SMILES string of the molecule is COC(=O)C[C@H]1C(=O)NCCN1C(=O)c1cc2ccccc2[nH]1. The van der Waals surface area contributed by atoms with Gasteiger partial charge in [-0.05, 0) is 12.1 Å². The molecule has 2 aromatic rings. The number of benzene rings is 1. The van der Waals surface area contributed by atoms with Gasteiger partial charge in [0.05, 0.1) is 13.5 Å². The van der Waals surface area contributed by atoms with Gasteiger partial charge in [0.2, 0.25) is 5.91 Å². The number of piperazine rings is 1. The van der Waals surface area contributed by atoms with Crippen LogP contribution in [0, 0.1) is 0 Å². The maximum Gasteiger partial charge on any atom is 0.308 e. The number of para-hydroxylation sites is 1. The Labute approximate surface area is 132 Å². The van der Waals surface area contributed by atoms with Crippen molar-refractivity contribution in [2.24, 2.45) is 0 Å². The molecule has 1 saturated heterocycles. The zero-order chi connectivity index (χ0) is 16.4. The number of esters is 1. The Balaban J connectivity index is 1.88. The van der Waals surface area contributed by atoms with Gasteiger partial charge in [0.1, 0.15) is 11.7 Å². The van der Waals surface area contributed by atoms with E-state index in [0.29, 0.717) is 18.8 Å². The van der Waals surface area contributed by atoms with E-state index >= 15 is 0 Å². The minimum absolute atomic E-state index is 0.158. The summed E-state index contributed by atoms with van der Waals surface area (Å²) in [7, 11) is 1.26. The molecular formula is C16H17N3O4. The molecule has 1 aliphatic rings. The van der Waals surface area contributed by atoms with E-state index in [4.69, 9.17) is 0 Å². The molecule has 1 fully saturated rings. The number of ether oxygens (including phenoxy) is 1. The summed E-state index contributed by atoms with van der Waals surface area (Å²) in [6, 6.07) is 8.44. The van der Waals surface area contributed by atoms with Gasteiger partial charge in [-0.2, -0.15) is 0 Å². The Bertz CT molecular complexity index is 735. The molecule has 0 bridgehead atoms. The molecule has 0 unspecified atom stereocenters. The molecule has 2 N–H and O–H groups in total. The lowest BCUT2D eigenvalue weighted by Gasteiger charge is -2.34. The van der Waals surface area contributed by atoms with E-state index in [0.717, 1.165) is 10.9 Å². The van der Waals surface area contributed by atoms with E-state index in [-0.39, 0.29) is 18.2 Å². The Morgan fingerprint density at radius 2 is 2.13 bits per heavy atom. The molecule has 1 aromatic heterocycles. The van der Waals surface area contributed by atoms with E-state index < -0.39 is 12.0 Å². The summed E-state index contributed by atoms with van der Waals surface area (Å²) in [5, 5.41) is 3.59. The van der Waals surface area contributed by atoms with E-state index in [1.807, 2.05) is 24.3 Å². The normalized spacial score (nSPS) is 17.9. The summed E-state index contributed by atoms with van der Waals surface area (Å²) in [6.07, 6.45) is -0.158. The summed E-state index contributed by atoms with van der Waals surface area (Å²) in [5.74, 6) is -1.17. The second kappa shape index (κ2) is 6.12. The minimum Gasteiger partial charge on any atom is -0.469 e. The van der Waals surface area contributed by atoms with Crippen molar-refractivity contribution in [3.8, 4) is 0 Å². The van der Waals surface area contributed by atoms with Gasteiger partial charge >= 0.3 is 5.97 Å². The van der Waals surface area contributed by atoms with Crippen molar-refractivity contribution >= 4 is 28.7 Å². The highest BCUT2D eigenvalue weighted by molar-refractivity contribution is 6.01. The number of methoxy groups -OCH3 is 1. The third-order valence-electron chi connectivity index (χ3n) is 3.94. The molecule has 0 aliphatic carbocycles. The first-order chi connectivity index (χ1) is 11.1. The minimum atomic E-state index is -0.852. The number of carbonyl (C=O) groups excluding carboxylic acids is 3. The van der Waals surface area contributed by atoms with Crippen LogP contribution in [0.4, 0.5) is 0 Å². The first-order valence-electron chi connectivity index (χ1n) is 7.33. The maximum atomic E-state index is 12.8. The van der Waals surface area contributed by atoms with Gasteiger partial charge < -0.3 is 19.9 Å². The predicted molar refractivity (Wildman–Crippen MR) is 82.8 cm³/mol. The van der Waals surface area contributed by atoms with Crippen LogP contribution in [-0.4, -0.2) is 53.9 Å². The zero-order valence-electron chi connectivity index (χ0n) is 12.7. The molecule has 7 nitrogen and oxygen atoms in total. The number of hydrogen-bond donors (Lipinski definition) is 2. The van der Waals surface area contributed by atoms with Gasteiger partial charge in [-0.25, -0.2) is 0 Å². The van der Waals surface area contributed by atoms with E-state index in [1.54, 1.807) is 6.07 Å². The Hall–Kier alpha value is -2.83. The number of H-pyrrole nitrogens is 1. The molecule has 2 amide bonds. The van der Waals surface area contributed by atoms with Crippen LogP contribution in [0.3, 0.4) is 0 Å². The molecule has 0 radical (unpaired) electrons. The smallest absolute Gasteiger partial charge is 0.308 e. The van der Waals surface area contributed by atoms with Crippen LogP contribution in [0.1, 0.15) is 16.9 Å². The topological polar surface area (TPSA) is 91.5 Å². The van der Waals surface area contributed by atoms with Gasteiger partial charge in [0.25, 0.3) is 5.91 Å². The lowest BCUT2D eigenvalue weighted by atomic mass is 10.1. The number of rotatable bonds is 3. The maximum absolute atomic E-state index is 12.8. The van der Waals surface area contributed by atoms with Crippen LogP contribution in [0.25, 0.3) is 10.9 Å². The second-order valence-corrected chi connectivity index (χ2v) is 5.36. The fourth-order valence-corrected chi connectivity index (χ4v) is 2.75. The molecule has 3 rings (SSSR count). The van der Waals surface area contributed by atoms with Crippen LogP contribution in [0.2, 0.25) is 0 Å². The van der Waals surface area contributed by atoms with Crippen molar-refractivity contribution < 1.29 is 19.1 Å². The Morgan fingerprint density at radius 3 is 2.87 bits per heavy atom. The standard InChI is InChI=1S/C16H17N3O4/c1-23-14(20)9-13-15(21)17-6-7-19(13)16(22)12-8-10-4-2-3-5-11(10)18-12/h2-5,8,13,18H,6-7,9H2,1H3,(H,17,21)/t13-/m0/s1. The van der Waals surface area contributed by atoms with E-state index in [2.05, 4.69) is 15.0 Å². The predicted octanol–water partition coefficient (Wildman–Crippen LogP) is 0.672. The molecule has 23 heavy (non-hydrogen) atoms. The largest absolute Gasteiger partial charge is 0.469 e. The van der Waals surface area contributed by atoms with Gasteiger partial charge in [-0.15, -0.1) is 0 Å². The van der Waals surface area contributed by atoms with Crippen molar-refractivity contribution in [1.29, 1.82) is 0 Å². The quantitative estimate of drug-likeness (QED) is 0.815. The summed E-state index contributed by atoms with van der Waals surface area (Å²) in [4.78, 5) is 40.8. The average Bonchev–Trinajstić information content (AvgIpc) is 3.00. The molecule has 1 aromatic carbocycles. The highest BCUT2D eigenvalue weighted by Crippen LogP contribution is 2.19. The van der Waals surface area contributed by atoms with Gasteiger partial charge in [0.15, 0.2) is 0 Å². The summed E-state index contributed by atoms with van der Waals surface area (Å²) in [5.41, 5.74) is 1.25. The fraction of sp³-hybridized carbons (Fsp3) is 0.312. The van der Waals surface area contributed by atoms with Crippen molar-refractivity contribution in [3.05, 3.63) is 36.0 Å². The molecule has 1 atom stereocenters. The third kappa shape index (κ3) is 2.90. The third-order valence-corrected chi connectivity index (χ3v) is 3.94. The molecule has 1 aliphatic heterocycles. The molecule has 120 valence electrons. The van der Waals surface area contributed by atoms with Crippen molar-refractivity contribution in [2.75, 3.05) is 20.2 Å². The first kappa shape index (κ1) is 15.1. The lowest BCUT2D eigenvalue weighted by molar-refractivity contribution is -0.145. The van der Waals surface area contributed by atoms with Crippen LogP contribution >= 0.6 is 0 Å². The molecule has 0 spiro atoms. The van der Waals surface area contributed by atoms with Gasteiger partial charge in [-0.3, -0.25) is 14.4 Å². The van der Waals surface area contributed by atoms with Gasteiger partial charge in [-0.1, -0.05) is 18.2 Å². The monoisotopic (exact) mass is 315 g/mol. The van der Waals surface area contributed by atoms with Crippen LogP contribution in [0.15, 0.2) is 30.3 Å². The van der Waals surface area contributed by atoms with Crippen molar-refractivity contribution in [2.45, 2.75) is 12.5 Å². The summed E-state index contributed by atoms with van der Waals surface area (Å²) >= 11 is 0. The number of hydrogen-bond acceptors (Lipinski definition) is 4. The number of aromatic amines is 1. The van der Waals surface area contributed by atoms with E-state index in [1.165, 1.54) is 12.0 Å². The van der Waals surface area contributed by atoms with E-state index in [9.17, 15) is 14.4 Å². The fourth-order valence-electron chi connectivity index (χ4n) is 2.75. The number of fused-ring (bicyclic) bond motifs is 1. The Kier molecular flexibility index (Phi) is 4.01. The van der Waals surface area contributed by atoms with Gasteiger partial charge in [0, 0.05) is 24.0 Å². The number of aromatic nitrogens is 1. The highest BCUT2D eigenvalue weighted by Gasteiger charge is 2.35. The molecule has 0 saturated carbocycles. The van der Waals surface area contributed by atoms with Crippen LogP contribution < -0.4 is 5.32 Å². The second-order valence-electron chi connectivity index (χ2n) is 5.36.